The van der Waals surface area contributed by atoms with E-state index in [1.165, 1.54) is 12.1 Å². The third-order valence-corrected chi connectivity index (χ3v) is 2.74. The minimum Gasteiger partial charge on any atom is -0.275 e. The molecule has 2 aromatic rings. The van der Waals surface area contributed by atoms with Crippen LogP contribution in [0, 0.1) is 18.6 Å². The van der Waals surface area contributed by atoms with Gasteiger partial charge in [-0.1, -0.05) is 29.8 Å². The third kappa shape index (κ3) is 3.37. The van der Waals surface area contributed by atoms with Crippen molar-refractivity contribution >= 4 is 11.4 Å². The Morgan fingerprint density at radius 1 is 1.05 bits per heavy atom. The smallest absolute Gasteiger partial charge is 0.151 e. The standard InChI is InChI=1S/C15H14F2N2/c1-10-3-5-12(6-4-10)11(2)18-19-15-8-7-13(16)9-14(15)17/h3-9,19H,1-2H3/b18-11-. The maximum Gasteiger partial charge on any atom is 0.151 e. The quantitative estimate of drug-likeness (QED) is 0.651. The van der Waals surface area contributed by atoms with Crippen LogP contribution in [0.25, 0.3) is 0 Å². The SMILES string of the molecule is C/C(=N/Nc1ccc(F)cc1F)c1ccc(C)cc1. The van der Waals surface area contributed by atoms with Crippen molar-refractivity contribution in [2.75, 3.05) is 5.43 Å². The van der Waals surface area contributed by atoms with E-state index in [9.17, 15) is 8.78 Å². The third-order valence-electron chi connectivity index (χ3n) is 2.74. The maximum atomic E-state index is 13.4. The van der Waals surface area contributed by atoms with Gasteiger partial charge in [-0.3, -0.25) is 5.43 Å². The van der Waals surface area contributed by atoms with Crippen LogP contribution in [-0.2, 0) is 0 Å². The van der Waals surface area contributed by atoms with Crippen molar-refractivity contribution < 1.29 is 8.78 Å². The molecule has 4 heteroatoms. The molecule has 1 N–H and O–H groups in total. The monoisotopic (exact) mass is 260 g/mol. The zero-order valence-corrected chi connectivity index (χ0v) is 10.7. The fourth-order valence-corrected chi connectivity index (χ4v) is 1.58. The molecule has 0 spiro atoms. The number of aryl methyl sites for hydroxylation is 1. The lowest BCUT2D eigenvalue weighted by atomic mass is 10.1. The van der Waals surface area contributed by atoms with Crippen molar-refractivity contribution in [3.05, 3.63) is 65.2 Å². The molecule has 0 unspecified atom stereocenters. The van der Waals surface area contributed by atoms with Crippen molar-refractivity contribution in [2.24, 2.45) is 5.10 Å². The predicted molar refractivity (Wildman–Crippen MR) is 73.4 cm³/mol. The van der Waals surface area contributed by atoms with Gasteiger partial charge in [0.15, 0.2) is 5.82 Å². The molecule has 0 saturated carbocycles. The van der Waals surface area contributed by atoms with Gasteiger partial charge < -0.3 is 0 Å². The van der Waals surface area contributed by atoms with Gasteiger partial charge in [0.1, 0.15) is 5.82 Å². The number of hydrogen-bond donors (Lipinski definition) is 1. The van der Waals surface area contributed by atoms with Crippen molar-refractivity contribution in [3.63, 3.8) is 0 Å². The number of anilines is 1. The van der Waals surface area contributed by atoms with E-state index < -0.39 is 11.6 Å². The average molecular weight is 260 g/mol. The van der Waals surface area contributed by atoms with Crippen molar-refractivity contribution in [3.8, 4) is 0 Å². The molecule has 19 heavy (non-hydrogen) atoms. The first kappa shape index (κ1) is 13.2. The van der Waals surface area contributed by atoms with Crippen LogP contribution in [0.4, 0.5) is 14.5 Å². The topological polar surface area (TPSA) is 24.4 Å². The predicted octanol–water partition coefficient (Wildman–Crippen LogP) is 4.11. The number of benzene rings is 2. The van der Waals surface area contributed by atoms with E-state index in [1.54, 1.807) is 0 Å². The number of rotatable bonds is 3. The maximum absolute atomic E-state index is 13.4. The molecular formula is C15H14F2N2. The van der Waals surface area contributed by atoms with E-state index in [-0.39, 0.29) is 5.69 Å². The van der Waals surface area contributed by atoms with Gasteiger partial charge in [-0.05, 0) is 31.5 Å². The molecule has 0 aromatic heterocycles. The van der Waals surface area contributed by atoms with E-state index in [0.29, 0.717) is 0 Å². The summed E-state index contributed by atoms with van der Waals surface area (Å²) < 4.78 is 26.1. The Morgan fingerprint density at radius 2 is 1.74 bits per heavy atom. The molecule has 2 nitrogen and oxygen atoms in total. The molecule has 0 radical (unpaired) electrons. The number of hydrogen-bond acceptors (Lipinski definition) is 2. The summed E-state index contributed by atoms with van der Waals surface area (Å²) in [5, 5.41) is 4.09. The summed E-state index contributed by atoms with van der Waals surface area (Å²) in [5.74, 6) is -1.28. The molecule has 0 aliphatic rings. The summed E-state index contributed by atoms with van der Waals surface area (Å²) in [6, 6.07) is 11.2. The Morgan fingerprint density at radius 3 is 2.37 bits per heavy atom. The summed E-state index contributed by atoms with van der Waals surface area (Å²) in [6.45, 7) is 3.82. The van der Waals surface area contributed by atoms with Gasteiger partial charge in [0.25, 0.3) is 0 Å². The highest BCUT2D eigenvalue weighted by atomic mass is 19.1. The molecule has 0 aliphatic carbocycles. The summed E-state index contributed by atoms with van der Waals surface area (Å²) in [7, 11) is 0. The second-order valence-electron chi connectivity index (χ2n) is 4.30. The molecule has 2 aromatic carbocycles. The number of hydrazone groups is 1. The van der Waals surface area contributed by atoms with Crippen LogP contribution in [0.3, 0.4) is 0 Å². The molecule has 0 saturated heterocycles. The Balaban J connectivity index is 2.15. The molecule has 0 bridgehead atoms. The van der Waals surface area contributed by atoms with Crippen LogP contribution in [-0.4, -0.2) is 5.71 Å². The first-order valence-electron chi connectivity index (χ1n) is 5.88. The lowest BCUT2D eigenvalue weighted by Crippen LogP contribution is -2.01. The van der Waals surface area contributed by atoms with Gasteiger partial charge in [0, 0.05) is 6.07 Å². The van der Waals surface area contributed by atoms with E-state index in [0.717, 1.165) is 22.9 Å². The van der Waals surface area contributed by atoms with Gasteiger partial charge in [0.2, 0.25) is 0 Å². The van der Waals surface area contributed by atoms with Crippen LogP contribution in [0.2, 0.25) is 0 Å². The molecule has 0 atom stereocenters. The van der Waals surface area contributed by atoms with Crippen LogP contribution in [0.5, 0.6) is 0 Å². The zero-order chi connectivity index (χ0) is 13.8. The van der Waals surface area contributed by atoms with E-state index in [1.807, 2.05) is 38.1 Å². The highest BCUT2D eigenvalue weighted by molar-refractivity contribution is 5.99. The van der Waals surface area contributed by atoms with Crippen molar-refractivity contribution in [2.45, 2.75) is 13.8 Å². The van der Waals surface area contributed by atoms with E-state index in [2.05, 4.69) is 10.5 Å². The second-order valence-corrected chi connectivity index (χ2v) is 4.30. The molecule has 0 fully saturated rings. The van der Waals surface area contributed by atoms with Crippen LogP contribution in [0.1, 0.15) is 18.1 Å². The number of nitrogens with one attached hydrogen (secondary N) is 1. The van der Waals surface area contributed by atoms with Gasteiger partial charge in [-0.2, -0.15) is 5.10 Å². The normalized spacial score (nSPS) is 11.5. The van der Waals surface area contributed by atoms with Gasteiger partial charge in [0.05, 0.1) is 11.4 Å². The largest absolute Gasteiger partial charge is 0.275 e. The summed E-state index contributed by atoms with van der Waals surface area (Å²) in [5.41, 5.74) is 5.58. The molecule has 2 rings (SSSR count). The summed E-state index contributed by atoms with van der Waals surface area (Å²) in [6.07, 6.45) is 0. The van der Waals surface area contributed by atoms with Gasteiger partial charge in [-0.15, -0.1) is 0 Å². The first-order chi connectivity index (χ1) is 9.06. The first-order valence-corrected chi connectivity index (χ1v) is 5.88. The average Bonchev–Trinajstić information content (AvgIpc) is 2.38. The molecule has 0 heterocycles. The van der Waals surface area contributed by atoms with Crippen molar-refractivity contribution in [1.29, 1.82) is 0 Å². The highest BCUT2D eigenvalue weighted by Crippen LogP contribution is 2.15. The molecule has 0 amide bonds. The summed E-state index contributed by atoms with van der Waals surface area (Å²) >= 11 is 0. The Bertz CT molecular complexity index is 604. The van der Waals surface area contributed by atoms with Gasteiger partial charge in [-0.25, -0.2) is 8.78 Å². The summed E-state index contributed by atoms with van der Waals surface area (Å²) in [4.78, 5) is 0. The van der Waals surface area contributed by atoms with E-state index in [4.69, 9.17) is 0 Å². The van der Waals surface area contributed by atoms with Crippen LogP contribution >= 0.6 is 0 Å². The minimum atomic E-state index is -0.666. The Kier molecular flexibility index (Phi) is 3.90. The zero-order valence-electron chi connectivity index (χ0n) is 10.7. The lowest BCUT2D eigenvalue weighted by Gasteiger charge is -2.05. The van der Waals surface area contributed by atoms with Crippen LogP contribution < -0.4 is 5.43 Å². The molecule has 98 valence electrons. The van der Waals surface area contributed by atoms with Gasteiger partial charge >= 0.3 is 0 Å². The Labute approximate surface area is 110 Å². The molecular weight excluding hydrogens is 246 g/mol. The molecule has 0 aliphatic heterocycles. The highest BCUT2D eigenvalue weighted by Gasteiger charge is 2.03. The van der Waals surface area contributed by atoms with E-state index >= 15 is 0 Å². The fourth-order valence-electron chi connectivity index (χ4n) is 1.58. The fraction of sp³-hybridized carbons (Fsp3) is 0.133. The van der Waals surface area contributed by atoms with Crippen molar-refractivity contribution in [1.82, 2.24) is 0 Å². The number of nitrogens with zero attached hydrogens (tertiary/aromatic N) is 1. The Hall–Kier alpha value is -2.23. The second kappa shape index (κ2) is 5.61. The minimum absolute atomic E-state index is 0.146. The number of halogens is 2. The lowest BCUT2D eigenvalue weighted by molar-refractivity contribution is 0.585. The van der Waals surface area contributed by atoms with Crippen LogP contribution in [0.15, 0.2) is 47.6 Å².